The summed E-state index contributed by atoms with van der Waals surface area (Å²) in [5.74, 6) is -0.331. The minimum atomic E-state index is -0.331. The van der Waals surface area contributed by atoms with Gasteiger partial charge in [0.25, 0.3) is 0 Å². The third-order valence-corrected chi connectivity index (χ3v) is 6.36. The molecule has 4 aromatic rings. The normalized spacial score (nSPS) is 11.2. The smallest absolute Gasteiger partial charge is 0.337 e. The molecular weight excluding hydrogens is 438 g/mol. The van der Waals surface area contributed by atoms with Crippen LogP contribution in [-0.2, 0) is 4.74 Å². The molecule has 0 spiro atoms. The molecule has 0 aliphatic heterocycles. The lowest BCUT2D eigenvalue weighted by molar-refractivity contribution is 0.0600. The summed E-state index contributed by atoms with van der Waals surface area (Å²) in [7, 11) is 1.39. The molecule has 0 saturated heterocycles. The Morgan fingerprint density at radius 3 is 1.74 bits per heavy atom. The van der Waals surface area contributed by atoms with Gasteiger partial charge in [-0.25, -0.2) is 4.79 Å². The zero-order valence-corrected chi connectivity index (χ0v) is 20.4. The maximum atomic E-state index is 11.8. The van der Waals surface area contributed by atoms with E-state index in [0.29, 0.717) is 5.56 Å². The summed E-state index contributed by atoms with van der Waals surface area (Å²) in [4.78, 5) is 15.1. The number of ether oxygens (including phenoxy) is 1. The maximum absolute atomic E-state index is 11.8. The second kappa shape index (κ2) is 10.9. The van der Waals surface area contributed by atoms with Crippen molar-refractivity contribution in [2.45, 2.75) is 18.7 Å². The van der Waals surface area contributed by atoms with Crippen molar-refractivity contribution in [3.8, 4) is 0 Å². The first-order valence-corrected chi connectivity index (χ1v) is 12.0. The van der Waals surface area contributed by atoms with E-state index in [-0.39, 0.29) is 5.97 Å². The Balaban J connectivity index is 1.79. The maximum Gasteiger partial charge on any atom is 0.337 e. The lowest BCUT2D eigenvalue weighted by Gasteiger charge is -2.28. The van der Waals surface area contributed by atoms with Crippen LogP contribution < -0.4 is 4.90 Å². The molecule has 0 radical (unpaired) electrons. The molecule has 0 aromatic heterocycles. The summed E-state index contributed by atoms with van der Waals surface area (Å²) < 4.78 is 4.81. The van der Waals surface area contributed by atoms with E-state index in [1.54, 1.807) is 23.9 Å². The van der Waals surface area contributed by atoms with Crippen molar-refractivity contribution < 1.29 is 9.53 Å². The third-order valence-electron chi connectivity index (χ3n) is 5.48. The number of thioether (sulfide) groups is 1. The van der Waals surface area contributed by atoms with Gasteiger partial charge in [-0.3, -0.25) is 0 Å². The van der Waals surface area contributed by atoms with Gasteiger partial charge in [-0.1, -0.05) is 77.5 Å². The highest BCUT2D eigenvalue weighted by atomic mass is 32.2. The molecule has 3 nitrogen and oxygen atoms in total. The fourth-order valence-corrected chi connectivity index (χ4v) is 4.37. The van der Waals surface area contributed by atoms with E-state index in [1.165, 1.54) is 18.2 Å². The molecule has 4 aromatic carbocycles. The lowest BCUT2D eigenvalue weighted by Crippen LogP contribution is -2.15. The SMILES string of the molecule is COC(=O)c1ccc(S/C=C(/c2ccccc2)N(c2ccc(C)cc2)c2ccc(C)cc2)cc1. The molecule has 0 amide bonds. The zero-order valence-electron chi connectivity index (χ0n) is 19.6. The fraction of sp³-hybridized carbons (Fsp3) is 0.100. The van der Waals surface area contributed by atoms with E-state index < -0.39 is 0 Å². The standard InChI is InChI=1S/C30H27NO2S/c1-22-9-15-26(16-10-22)31(27-17-11-23(2)12-18-27)29(24-7-5-4-6-8-24)21-34-28-19-13-25(14-20-28)30(32)33-3/h4-21H,1-3H3/b29-21-. The van der Waals surface area contributed by atoms with E-state index >= 15 is 0 Å². The third kappa shape index (κ3) is 5.59. The summed E-state index contributed by atoms with van der Waals surface area (Å²) >= 11 is 1.62. The summed E-state index contributed by atoms with van der Waals surface area (Å²) in [6, 6.07) is 35.0. The Hall–Kier alpha value is -3.76. The van der Waals surface area contributed by atoms with Crippen LogP contribution in [0.15, 0.2) is 113 Å². The van der Waals surface area contributed by atoms with Crippen LogP contribution in [0.5, 0.6) is 0 Å². The van der Waals surface area contributed by atoms with Crippen LogP contribution in [0.2, 0.25) is 0 Å². The van der Waals surface area contributed by atoms with Gasteiger partial charge in [-0.2, -0.15) is 0 Å². The highest BCUT2D eigenvalue weighted by Gasteiger charge is 2.17. The van der Waals surface area contributed by atoms with Crippen LogP contribution in [-0.4, -0.2) is 13.1 Å². The van der Waals surface area contributed by atoms with Crippen molar-refractivity contribution in [2.75, 3.05) is 12.0 Å². The van der Waals surface area contributed by atoms with Crippen molar-refractivity contribution in [3.63, 3.8) is 0 Å². The van der Waals surface area contributed by atoms with Gasteiger partial charge in [0.1, 0.15) is 0 Å². The second-order valence-corrected chi connectivity index (χ2v) is 8.95. The van der Waals surface area contributed by atoms with Gasteiger partial charge in [0.15, 0.2) is 0 Å². The number of hydrogen-bond acceptors (Lipinski definition) is 4. The fourth-order valence-electron chi connectivity index (χ4n) is 3.58. The molecule has 0 bridgehead atoms. The first kappa shape index (κ1) is 23.4. The number of rotatable bonds is 7. The minimum Gasteiger partial charge on any atom is -0.465 e. The first-order chi connectivity index (χ1) is 16.5. The van der Waals surface area contributed by atoms with E-state index in [1.807, 2.05) is 18.2 Å². The highest BCUT2D eigenvalue weighted by Crippen LogP contribution is 2.37. The van der Waals surface area contributed by atoms with Crippen molar-refractivity contribution >= 4 is 34.8 Å². The van der Waals surface area contributed by atoms with Crippen LogP contribution in [0.25, 0.3) is 5.70 Å². The Bertz CT molecular complexity index is 1220. The number of carbonyl (C=O) groups is 1. The van der Waals surface area contributed by atoms with Crippen LogP contribution in [0.4, 0.5) is 11.4 Å². The number of anilines is 2. The first-order valence-electron chi connectivity index (χ1n) is 11.1. The van der Waals surface area contributed by atoms with Crippen molar-refractivity contribution in [2.24, 2.45) is 0 Å². The Morgan fingerprint density at radius 2 is 1.24 bits per heavy atom. The molecule has 0 saturated carbocycles. The van der Waals surface area contributed by atoms with Gasteiger partial charge >= 0.3 is 5.97 Å². The van der Waals surface area contributed by atoms with Gasteiger partial charge in [-0.05, 0) is 67.9 Å². The molecule has 0 fully saturated rings. The lowest BCUT2D eigenvalue weighted by atomic mass is 10.1. The number of hydrogen-bond donors (Lipinski definition) is 0. The van der Waals surface area contributed by atoms with Crippen molar-refractivity contribution in [1.29, 1.82) is 0 Å². The van der Waals surface area contributed by atoms with E-state index in [9.17, 15) is 4.79 Å². The zero-order chi connectivity index (χ0) is 23.9. The second-order valence-electron chi connectivity index (χ2n) is 8.01. The van der Waals surface area contributed by atoms with Gasteiger partial charge in [-0.15, -0.1) is 0 Å². The van der Waals surface area contributed by atoms with Crippen LogP contribution in [0.1, 0.15) is 27.0 Å². The Labute approximate surface area is 205 Å². The molecule has 0 atom stereocenters. The molecule has 0 unspecified atom stereocenters. The minimum absolute atomic E-state index is 0.331. The average molecular weight is 466 g/mol. The molecule has 0 aliphatic carbocycles. The van der Waals surface area contributed by atoms with Crippen molar-refractivity contribution in [1.82, 2.24) is 0 Å². The summed E-state index contributed by atoms with van der Waals surface area (Å²) in [6.07, 6.45) is 0. The van der Waals surface area contributed by atoms with E-state index in [0.717, 1.165) is 27.5 Å². The van der Waals surface area contributed by atoms with Crippen LogP contribution in [0, 0.1) is 13.8 Å². The van der Waals surface area contributed by atoms with Gasteiger partial charge in [0.05, 0.1) is 18.4 Å². The van der Waals surface area contributed by atoms with Crippen LogP contribution >= 0.6 is 11.8 Å². The van der Waals surface area contributed by atoms with Crippen LogP contribution in [0.3, 0.4) is 0 Å². The van der Waals surface area contributed by atoms with E-state index in [4.69, 9.17) is 4.74 Å². The molecule has 0 aliphatic rings. The monoisotopic (exact) mass is 465 g/mol. The number of benzene rings is 4. The number of methoxy groups -OCH3 is 1. The van der Waals surface area contributed by atoms with Gasteiger partial charge < -0.3 is 9.64 Å². The molecule has 0 N–H and O–H groups in total. The molecular formula is C30H27NO2S. The summed E-state index contributed by atoms with van der Waals surface area (Å²) in [5, 5.41) is 2.17. The number of carbonyl (C=O) groups excluding carboxylic acids is 1. The van der Waals surface area contributed by atoms with Gasteiger partial charge in [0, 0.05) is 21.7 Å². The largest absolute Gasteiger partial charge is 0.465 e. The number of aryl methyl sites for hydroxylation is 2. The van der Waals surface area contributed by atoms with E-state index in [2.05, 4.69) is 97.0 Å². The number of nitrogens with zero attached hydrogens (tertiary/aromatic N) is 1. The molecule has 0 heterocycles. The quantitative estimate of drug-likeness (QED) is 0.204. The molecule has 4 heteroatoms. The summed E-state index contributed by atoms with van der Waals surface area (Å²) in [6.45, 7) is 4.20. The van der Waals surface area contributed by atoms with Gasteiger partial charge in [0.2, 0.25) is 0 Å². The van der Waals surface area contributed by atoms with Crippen molar-refractivity contribution in [3.05, 3.63) is 131 Å². The predicted octanol–water partition coefficient (Wildman–Crippen LogP) is 8.02. The number of esters is 1. The summed E-state index contributed by atoms with van der Waals surface area (Å²) in [5.41, 5.74) is 7.34. The topological polar surface area (TPSA) is 29.5 Å². The Kier molecular flexibility index (Phi) is 7.51. The molecule has 4 rings (SSSR count). The Morgan fingerprint density at radius 1 is 0.706 bits per heavy atom. The predicted molar refractivity (Wildman–Crippen MR) is 143 cm³/mol. The average Bonchev–Trinajstić information content (AvgIpc) is 2.88. The molecule has 170 valence electrons. The molecule has 34 heavy (non-hydrogen) atoms. The highest BCUT2D eigenvalue weighted by molar-refractivity contribution is 8.02.